The van der Waals surface area contributed by atoms with Crippen molar-refractivity contribution in [1.29, 1.82) is 0 Å². The van der Waals surface area contributed by atoms with Crippen molar-refractivity contribution in [3.05, 3.63) is 28.2 Å². The number of morpholine rings is 1. The quantitative estimate of drug-likeness (QED) is 0.886. The average Bonchev–Trinajstić information content (AvgIpc) is 2.37. The van der Waals surface area contributed by atoms with Gasteiger partial charge in [0.15, 0.2) is 0 Å². The first-order valence-electron chi connectivity index (χ1n) is 6.18. The van der Waals surface area contributed by atoms with Crippen molar-refractivity contribution in [3.8, 4) is 0 Å². The fraction of sp³-hybridized carbons (Fsp3) is 0.538. The first-order chi connectivity index (χ1) is 9.32. The number of hydrogen-bond acceptors (Lipinski definition) is 3. The van der Waals surface area contributed by atoms with Crippen molar-refractivity contribution in [3.63, 3.8) is 0 Å². The Hall–Kier alpha value is -0.790. The van der Waals surface area contributed by atoms with Crippen molar-refractivity contribution >= 4 is 21.6 Å². The first kappa shape index (κ1) is 15.6. The van der Waals surface area contributed by atoms with Gasteiger partial charge in [0, 0.05) is 17.1 Å². The van der Waals surface area contributed by atoms with E-state index in [2.05, 4.69) is 15.9 Å². The smallest absolute Gasteiger partial charge is 0.394 e. The number of benzene rings is 1. The van der Waals surface area contributed by atoms with Gasteiger partial charge in [-0.05, 0) is 25.1 Å². The Morgan fingerprint density at radius 1 is 1.45 bits per heavy atom. The molecule has 1 aliphatic heterocycles. The molecule has 2 rings (SSSR count). The van der Waals surface area contributed by atoms with Crippen LogP contribution in [-0.2, 0) is 10.9 Å². The SMILES string of the molecule is CC1COC(CO)CN1c1cc(Br)ccc1C(F)(F)F. The number of halogens is 4. The molecular formula is C13H15BrF3NO2. The highest BCUT2D eigenvalue weighted by Crippen LogP contribution is 2.39. The summed E-state index contributed by atoms with van der Waals surface area (Å²) in [6, 6.07) is 3.71. The number of alkyl halides is 3. The van der Waals surface area contributed by atoms with Crippen LogP contribution >= 0.6 is 15.9 Å². The molecule has 1 aromatic rings. The average molecular weight is 354 g/mol. The van der Waals surface area contributed by atoms with Gasteiger partial charge in [-0.15, -0.1) is 0 Å². The van der Waals surface area contributed by atoms with Gasteiger partial charge in [-0.1, -0.05) is 15.9 Å². The number of nitrogens with zero attached hydrogens (tertiary/aromatic N) is 1. The summed E-state index contributed by atoms with van der Waals surface area (Å²) in [4.78, 5) is 1.64. The van der Waals surface area contributed by atoms with Gasteiger partial charge >= 0.3 is 6.18 Å². The number of aliphatic hydroxyl groups excluding tert-OH is 1. The molecule has 1 aromatic carbocycles. The minimum Gasteiger partial charge on any atom is -0.394 e. The third kappa shape index (κ3) is 3.27. The van der Waals surface area contributed by atoms with Crippen LogP contribution < -0.4 is 4.90 Å². The van der Waals surface area contributed by atoms with Gasteiger partial charge < -0.3 is 14.7 Å². The van der Waals surface area contributed by atoms with Crippen molar-refractivity contribution < 1.29 is 23.0 Å². The molecule has 3 nitrogen and oxygen atoms in total. The summed E-state index contributed by atoms with van der Waals surface area (Å²) in [7, 11) is 0. The Morgan fingerprint density at radius 3 is 2.75 bits per heavy atom. The lowest BCUT2D eigenvalue weighted by Gasteiger charge is -2.40. The van der Waals surface area contributed by atoms with Crippen LogP contribution in [0.2, 0.25) is 0 Å². The van der Waals surface area contributed by atoms with E-state index in [4.69, 9.17) is 9.84 Å². The maximum absolute atomic E-state index is 13.1. The molecule has 0 amide bonds. The number of rotatable bonds is 2. The second-order valence-electron chi connectivity index (χ2n) is 4.80. The molecule has 0 aromatic heterocycles. The number of ether oxygens (including phenoxy) is 1. The van der Waals surface area contributed by atoms with E-state index in [1.807, 2.05) is 0 Å². The number of anilines is 1. The monoisotopic (exact) mass is 353 g/mol. The molecule has 1 saturated heterocycles. The van der Waals surface area contributed by atoms with E-state index in [0.717, 1.165) is 6.07 Å². The molecule has 112 valence electrons. The number of aliphatic hydroxyl groups is 1. The van der Waals surface area contributed by atoms with Gasteiger partial charge in [0.2, 0.25) is 0 Å². The van der Waals surface area contributed by atoms with E-state index >= 15 is 0 Å². The molecule has 1 heterocycles. The summed E-state index contributed by atoms with van der Waals surface area (Å²) in [5.74, 6) is 0. The van der Waals surface area contributed by atoms with Crippen LogP contribution in [0.5, 0.6) is 0 Å². The van der Waals surface area contributed by atoms with Crippen LogP contribution in [0.1, 0.15) is 12.5 Å². The summed E-state index contributed by atoms with van der Waals surface area (Å²) < 4.78 is 45.3. The molecule has 0 spiro atoms. The molecule has 2 atom stereocenters. The van der Waals surface area contributed by atoms with Crippen LogP contribution in [0.4, 0.5) is 18.9 Å². The third-order valence-corrected chi connectivity index (χ3v) is 3.78. The molecule has 1 fully saturated rings. The minimum absolute atomic E-state index is 0.112. The molecule has 0 radical (unpaired) electrons. The maximum atomic E-state index is 13.1. The van der Waals surface area contributed by atoms with Gasteiger partial charge in [0.05, 0.1) is 30.6 Å². The topological polar surface area (TPSA) is 32.7 Å². The zero-order chi connectivity index (χ0) is 14.9. The predicted octanol–water partition coefficient (Wildman–Crippen LogP) is 3.05. The van der Waals surface area contributed by atoms with Gasteiger partial charge in [-0.2, -0.15) is 13.2 Å². The van der Waals surface area contributed by atoms with E-state index in [1.54, 1.807) is 11.8 Å². The first-order valence-corrected chi connectivity index (χ1v) is 6.98. The largest absolute Gasteiger partial charge is 0.418 e. The summed E-state index contributed by atoms with van der Waals surface area (Å²) in [6.07, 6.45) is -4.88. The van der Waals surface area contributed by atoms with Crippen molar-refractivity contribution in [2.24, 2.45) is 0 Å². The zero-order valence-electron chi connectivity index (χ0n) is 10.8. The van der Waals surface area contributed by atoms with Crippen LogP contribution in [-0.4, -0.2) is 37.0 Å². The molecule has 1 aliphatic rings. The Morgan fingerprint density at radius 2 is 2.15 bits per heavy atom. The second kappa shape index (κ2) is 5.91. The maximum Gasteiger partial charge on any atom is 0.418 e. The molecular weight excluding hydrogens is 339 g/mol. The highest BCUT2D eigenvalue weighted by molar-refractivity contribution is 9.10. The van der Waals surface area contributed by atoms with Crippen LogP contribution in [0.15, 0.2) is 22.7 Å². The summed E-state index contributed by atoms with van der Waals surface area (Å²) >= 11 is 3.21. The highest BCUT2D eigenvalue weighted by Gasteiger charge is 2.37. The number of hydrogen-bond donors (Lipinski definition) is 1. The Labute approximate surface area is 123 Å². The van der Waals surface area contributed by atoms with Crippen molar-refractivity contribution in [2.75, 3.05) is 24.7 Å². The molecule has 7 heteroatoms. The van der Waals surface area contributed by atoms with E-state index in [1.165, 1.54) is 12.1 Å². The summed E-state index contributed by atoms with van der Waals surface area (Å²) in [5, 5.41) is 9.14. The lowest BCUT2D eigenvalue weighted by molar-refractivity contribution is -0.137. The Kier molecular flexibility index (Phi) is 4.61. The normalized spacial score (nSPS) is 24.0. The van der Waals surface area contributed by atoms with E-state index in [9.17, 15) is 13.2 Å². The van der Waals surface area contributed by atoms with E-state index in [-0.39, 0.29) is 31.5 Å². The molecule has 0 bridgehead atoms. The molecule has 0 saturated carbocycles. The molecule has 20 heavy (non-hydrogen) atoms. The summed E-state index contributed by atoms with van der Waals surface area (Å²) in [6.45, 7) is 2.11. The molecule has 0 aliphatic carbocycles. The standard InChI is InChI=1S/C13H15BrF3NO2/c1-8-7-20-10(6-19)5-18(8)12-4-9(14)2-3-11(12)13(15,16)17/h2-4,8,10,19H,5-7H2,1H3. The van der Waals surface area contributed by atoms with Gasteiger partial charge in [0.1, 0.15) is 0 Å². The predicted molar refractivity (Wildman–Crippen MR) is 72.8 cm³/mol. The van der Waals surface area contributed by atoms with Crippen LogP contribution in [0.25, 0.3) is 0 Å². The minimum atomic E-state index is -4.41. The summed E-state index contributed by atoms with van der Waals surface area (Å²) in [5.41, 5.74) is -0.563. The third-order valence-electron chi connectivity index (χ3n) is 3.28. The van der Waals surface area contributed by atoms with E-state index < -0.39 is 17.8 Å². The van der Waals surface area contributed by atoms with Gasteiger partial charge in [-0.3, -0.25) is 0 Å². The van der Waals surface area contributed by atoms with Crippen molar-refractivity contribution in [2.45, 2.75) is 25.2 Å². The van der Waals surface area contributed by atoms with Crippen LogP contribution in [0, 0.1) is 0 Å². The lowest BCUT2D eigenvalue weighted by atomic mass is 10.1. The molecule has 2 unspecified atom stereocenters. The highest BCUT2D eigenvalue weighted by atomic mass is 79.9. The van der Waals surface area contributed by atoms with Gasteiger partial charge in [0.25, 0.3) is 0 Å². The zero-order valence-corrected chi connectivity index (χ0v) is 12.4. The second-order valence-corrected chi connectivity index (χ2v) is 5.71. The van der Waals surface area contributed by atoms with E-state index in [0.29, 0.717) is 4.47 Å². The Balaban J connectivity index is 2.41. The Bertz CT molecular complexity index is 481. The fourth-order valence-corrected chi connectivity index (χ4v) is 2.59. The molecule has 1 N–H and O–H groups in total. The van der Waals surface area contributed by atoms with Crippen LogP contribution in [0.3, 0.4) is 0 Å². The van der Waals surface area contributed by atoms with Crippen molar-refractivity contribution in [1.82, 2.24) is 0 Å². The fourth-order valence-electron chi connectivity index (χ4n) is 2.25. The van der Waals surface area contributed by atoms with Gasteiger partial charge in [-0.25, -0.2) is 0 Å². The lowest BCUT2D eigenvalue weighted by Crippen LogP contribution is -2.50.